The van der Waals surface area contributed by atoms with Gasteiger partial charge in [-0.15, -0.1) is 0 Å². The lowest BCUT2D eigenvalue weighted by molar-refractivity contribution is -0.121. The van der Waals surface area contributed by atoms with Crippen LogP contribution in [0.25, 0.3) is 0 Å². The molecule has 6 heteroatoms. The zero-order valence-corrected chi connectivity index (χ0v) is 23.1. The highest BCUT2D eigenvalue weighted by Crippen LogP contribution is 2.47. The van der Waals surface area contributed by atoms with Crippen LogP contribution in [0, 0.1) is 0 Å². The molecule has 3 amide bonds. The number of imide groups is 1. The van der Waals surface area contributed by atoms with Gasteiger partial charge >= 0.3 is 0 Å². The van der Waals surface area contributed by atoms with Crippen molar-refractivity contribution in [2.75, 3.05) is 0 Å². The smallest absolute Gasteiger partial charge is 0.268 e. The van der Waals surface area contributed by atoms with Crippen molar-refractivity contribution in [3.63, 3.8) is 0 Å². The van der Waals surface area contributed by atoms with Crippen molar-refractivity contribution in [3.05, 3.63) is 162 Å². The molecule has 1 aliphatic rings. The third kappa shape index (κ3) is 4.86. The fourth-order valence-electron chi connectivity index (χ4n) is 5.38. The SMILES string of the molecule is O=C(N=P(c1ccccc1)(c1ccccc1)c1ccccc1)C(Cc1ccccc1)N1C(=O)c2ccccc2C1=O. The van der Waals surface area contributed by atoms with E-state index in [9.17, 15) is 14.4 Å². The van der Waals surface area contributed by atoms with Crippen LogP contribution in [0.3, 0.4) is 0 Å². The molecule has 6 rings (SSSR count). The van der Waals surface area contributed by atoms with Gasteiger partial charge in [0.1, 0.15) is 6.04 Å². The number of fused-ring (bicyclic) bond motifs is 1. The fraction of sp³-hybridized carbons (Fsp3) is 0.0571. The maximum Gasteiger partial charge on any atom is 0.268 e. The molecule has 0 aliphatic carbocycles. The molecule has 41 heavy (non-hydrogen) atoms. The third-order valence-electron chi connectivity index (χ3n) is 7.33. The number of amides is 3. The van der Waals surface area contributed by atoms with Crippen molar-refractivity contribution in [1.29, 1.82) is 0 Å². The topological polar surface area (TPSA) is 66.8 Å². The summed E-state index contributed by atoms with van der Waals surface area (Å²) < 4.78 is 5.12. The van der Waals surface area contributed by atoms with Gasteiger partial charge in [-0.2, -0.15) is 0 Å². The first-order valence-corrected chi connectivity index (χ1v) is 15.2. The van der Waals surface area contributed by atoms with Gasteiger partial charge in [0.05, 0.1) is 18.2 Å². The number of hydrogen-bond donors (Lipinski definition) is 0. The normalized spacial score (nSPS) is 13.5. The molecule has 0 saturated heterocycles. The van der Waals surface area contributed by atoms with Gasteiger partial charge < -0.3 is 0 Å². The highest BCUT2D eigenvalue weighted by Gasteiger charge is 2.43. The first kappa shape index (κ1) is 26.4. The molecule has 200 valence electrons. The van der Waals surface area contributed by atoms with E-state index in [1.54, 1.807) is 24.3 Å². The summed E-state index contributed by atoms with van der Waals surface area (Å²) in [6, 6.07) is 44.5. The monoisotopic (exact) mass is 554 g/mol. The predicted octanol–water partition coefficient (Wildman–Crippen LogP) is 5.60. The Labute approximate surface area is 239 Å². The number of carbonyl (C=O) groups is 3. The molecule has 1 unspecified atom stereocenters. The van der Waals surface area contributed by atoms with Gasteiger partial charge in [-0.3, -0.25) is 19.3 Å². The van der Waals surface area contributed by atoms with E-state index in [0.717, 1.165) is 26.4 Å². The van der Waals surface area contributed by atoms with Crippen molar-refractivity contribution < 1.29 is 14.4 Å². The molecule has 0 radical (unpaired) electrons. The van der Waals surface area contributed by atoms with Crippen LogP contribution in [0.15, 0.2) is 150 Å². The summed E-state index contributed by atoms with van der Waals surface area (Å²) in [7, 11) is -2.90. The standard InChI is InChI=1S/C35H27N2O3P/c38-33(32(25-26-15-5-1-6-16-26)37-34(39)30-23-13-14-24-31(30)35(37)40)36-41(27-17-7-2-8-18-27,28-19-9-3-10-20-28)29-21-11-4-12-22-29/h1-24,32H,25H2. The Morgan fingerprint density at radius 2 is 0.927 bits per heavy atom. The molecule has 1 atom stereocenters. The minimum Gasteiger partial charge on any atom is -0.270 e. The number of hydrogen-bond acceptors (Lipinski definition) is 3. The molecule has 5 aromatic carbocycles. The number of nitrogens with zero attached hydrogens (tertiary/aromatic N) is 2. The van der Waals surface area contributed by atoms with Crippen LogP contribution < -0.4 is 15.9 Å². The van der Waals surface area contributed by atoms with Gasteiger partial charge in [0.2, 0.25) is 0 Å². The highest BCUT2D eigenvalue weighted by atomic mass is 31.2. The third-order valence-corrected chi connectivity index (χ3v) is 11.0. The molecule has 0 bridgehead atoms. The molecule has 0 saturated carbocycles. The van der Waals surface area contributed by atoms with E-state index in [4.69, 9.17) is 4.74 Å². The zero-order chi connectivity index (χ0) is 28.2. The van der Waals surface area contributed by atoms with Gasteiger partial charge in [-0.1, -0.05) is 133 Å². The Bertz CT molecular complexity index is 1630. The molecule has 1 heterocycles. The van der Waals surface area contributed by atoms with E-state index in [1.807, 2.05) is 121 Å². The van der Waals surface area contributed by atoms with Gasteiger partial charge in [-0.05, 0) is 17.7 Å². The molecular weight excluding hydrogens is 527 g/mol. The summed E-state index contributed by atoms with van der Waals surface area (Å²) in [4.78, 5) is 43.0. The average molecular weight is 555 g/mol. The molecular formula is C35H27N2O3P. The minimum atomic E-state index is -2.90. The first-order chi connectivity index (χ1) is 20.1. The van der Waals surface area contributed by atoms with Crippen molar-refractivity contribution in [2.45, 2.75) is 12.5 Å². The molecule has 0 fully saturated rings. The molecule has 1 aliphatic heterocycles. The summed E-state index contributed by atoms with van der Waals surface area (Å²) in [5.41, 5.74) is 1.44. The second-order valence-electron chi connectivity index (χ2n) is 9.81. The van der Waals surface area contributed by atoms with E-state index < -0.39 is 30.8 Å². The van der Waals surface area contributed by atoms with Gasteiger partial charge in [0.15, 0.2) is 0 Å². The predicted molar refractivity (Wildman–Crippen MR) is 163 cm³/mol. The molecule has 0 N–H and O–H groups in total. The first-order valence-electron chi connectivity index (χ1n) is 13.4. The summed E-state index contributed by atoms with van der Waals surface area (Å²) in [5.74, 6) is -1.45. The van der Waals surface area contributed by atoms with E-state index in [2.05, 4.69) is 0 Å². The lowest BCUT2D eigenvalue weighted by Crippen LogP contribution is -2.46. The largest absolute Gasteiger partial charge is 0.270 e. The van der Waals surface area contributed by atoms with Crippen molar-refractivity contribution >= 4 is 40.7 Å². The minimum absolute atomic E-state index is 0.160. The summed E-state index contributed by atoms with van der Waals surface area (Å²) in [6.45, 7) is 0. The number of rotatable bonds is 7. The van der Waals surface area contributed by atoms with Gasteiger partial charge in [-0.25, -0.2) is 4.74 Å². The van der Waals surface area contributed by atoms with Crippen molar-refractivity contribution in [2.24, 2.45) is 4.74 Å². The maximum atomic E-state index is 14.6. The summed E-state index contributed by atoms with van der Waals surface area (Å²) >= 11 is 0. The Morgan fingerprint density at radius 1 is 0.561 bits per heavy atom. The lowest BCUT2D eigenvalue weighted by Gasteiger charge is -2.29. The van der Waals surface area contributed by atoms with Crippen LogP contribution in [-0.2, 0) is 11.2 Å². The fourth-order valence-corrected chi connectivity index (χ4v) is 8.86. The van der Waals surface area contributed by atoms with E-state index in [0.29, 0.717) is 11.1 Å². The van der Waals surface area contributed by atoms with Crippen LogP contribution in [0.5, 0.6) is 0 Å². The Balaban J connectivity index is 1.59. The van der Waals surface area contributed by atoms with Crippen molar-refractivity contribution in [1.82, 2.24) is 4.90 Å². The van der Waals surface area contributed by atoms with Crippen LogP contribution in [0.1, 0.15) is 26.3 Å². The Kier molecular flexibility index (Phi) is 7.28. The second kappa shape index (κ2) is 11.3. The van der Waals surface area contributed by atoms with Gasteiger partial charge in [0, 0.05) is 22.3 Å². The zero-order valence-electron chi connectivity index (χ0n) is 22.2. The van der Waals surface area contributed by atoms with E-state index in [-0.39, 0.29) is 6.42 Å². The van der Waals surface area contributed by atoms with E-state index >= 15 is 0 Å². The lowest BCUT2D eigenvalue weighted by atomic mass is 10.0. The Hall–Kier alpha value is -4.86. The number of benzene rings is 5. The van der Waals surface area contributed by atoms with Crippen LogP contribution in [0.4, 0.5) is 0 Å². The number of carbonyl (C=O) groups excluding carboxylic acids is 3. The molecule has 5 aromatic rings. The summed E-state index contributed by atoms with van der Waals surface area (Å²) in [6.07, 6.45) is 0.160. The maximum absolute atomic E-state index is 14.6. The van der Waals surface area contributed by atoms with Crippen LogP contribution in [0.2, 0.25) is 0 Å². The van der Waals surface area contributed by atoms with Crippen molar-refractivity contribution in [3.8, 4) is 0 Å². The van der Waals surface area contributed by atoms with Crippen LogP contribution >= 0.6 is 7.05 Å². The second-order valence-corrected chi connectivity index (χ2v) is 12.8. The average Bonchev–Trinajstić information content (AvgIpc) is 3.29. The Morgan fingerprint density at radius 3 is 1.34 bits per heavy atom. The highest BCUT2D eigenvalue weighted by molar-refractivity contribution is 7.87. The van der Waals surface area contributed by atoms with Crippen LogP contribution in [-0.4, -0.2) is 28.7 Å². The molecule has 0 spiro atoms. The summed E-state index contributed by atoms with van der Waals surface area (Å²) in [5, 5.41) is 2.73. The van der Waals surface area contributed by atoms with Gasteiger partial charge in [0.25, 0.3) is 17.7 Å². The molecule has 0 aromatic heterocycles. The quantitative estimate of drug-likeness (QED) is 0.194. The van der Waals surface area contributed by atoms with E-state index in [1.165, 1.54) is 0 Å². The molecule has 5 nitrogen and oxygen atoms in total.